The van der Waals surface area contributed by atoms with Crippen LogP contribution in [0.3, 0.4) is 0 Å². The van der Waals surface area contributed by atoms with Crippen LogP contribution in [0.25, 0.3) is 0 Å². The highest BCUT2D eigenvalue weighted by molar-refractivity contribution is 8.10. The van der Waals surface area contributed by atoms with Gasteiger partial charge in [0.15, 0.2) is 23.8 Å². The van der Waals surface area contributed by atoms with Gasteiger partial charge in [0, 0.05) is 0 Å². The van der Waals surface area contributed by atoms with Gasteiger partial charge in [-0.3, -0.25) is 0 Å². The van der Waals surface area contributed by atoms with Crippen molar-refractivity contribution in [3.8, 4) is 0 Å². The number of sulfone groups is 2. The molecule has 142 valence electrons. The van der Waals surface area contributed by atoms with E-state index in [4.69, 9.17) is 0 Å². The highest BCUT2D eigenvalue weighted by Crippen LogP contribution is 2.73. The van der Waals surface area contributed by atoms with Crippen molar-refractivity contribution < 1.29 is 16.8 Å². The first kappa shape index (κ1) is 18.4. The average molecular weight is 403 g/mol. The van der Waals surface area contributed by atoms with Gasteiger partial charge in [0.25, 0.3) is 0 Å². The van der Waals surface area contributed by atoms with Crippen LogP contribution in [0.2, 0.25) is 0 Å². The highest BCUT2D eigenvalue weighted by Gasteiger charge is 2.73. The van der Waals surface area contributed by atoms with E-state index in [1.807, 2.05) is 6.92 Å². The summed E-state index contributed by atoms with van der Waals surface area (Å²) in [7, 11) is -8.22. The lowest BCUT2D eigenvalue weighted by Crippen LogP contribution is -2.46. The zero-order chi connectivity index (χ0) is 19.5. The lowest BCUT2D eigenvalue weighted by Gasteiger charge is -2.32. The van der Waals surface area contributed by atoms with Crippen LogP contribution in [-0.4, -0.2) is 20.9 Å². The van der Waals surface area contributed by atoms with Crippen molar-refractivity contribution in [1.82, 2.24) is 0 Å². The van der Waals surface area contributed by atoms with Gasteiger partial charge in [-0.2, -0.15) is 0 Å². The second kappa shape index (κ2) is 5.79. The van der Waals surface area contributed by atoms with Crippen LogP contribution >= 0.6 is 0 Å². The fourth-order valence-electron chi connectivity index (χ4n) is 4.65. The Morgan fingerprint density at radius 2 is 1.30 bits per heavy atom. The summed E-state index contributed by atoms with van der Waals surface area (Å²) in [5.41, 5.74) is 0.491. The van der Waals surface area contributed by atoms with Crippen LogP contribution in [0.5, 0.6) is 0 Å². The van der Waals surface area contributed by atoms with Gasteiger partial charge in [-0.1, -0.05) is 48.6 Å². The SMILES string of the molecule is C=C(C)C12CC1CC(S(=O)(=O)c1ccccc1)(S(=O)(=O)c1ccccc1)C2. The number of hydrogen-bond donors (Lipinski definition) is 0. The first-order chi connectivity index (χ1) is 12.7. The van der Waals surface area contributed by atoms with Gasteiger partial charge in [-0.15, -0.1) is 0 Å². The Morgan fingerprint density at radius 1 is 0.852 bits per heavy atom. The van der Waals surface area contributed by atoms with E-state index in [9.17, 15) is 16.8 Å². The molecular weight excluding hydrogens is 380 g/mol. The standard InChI is InChI=1S/C21H22O4S2/c1-16(2)20-13-17(20)14-21(15-20,26(22,23)18-9-5-3-6-10-18)27(24,25)19-11-7-4-8-12-19/h3-12,17H,1,13-15H2,2H3. The number of hydrogen-bond acceptors (Lipinski definition) is 4. The van der Waals surface area contributed by atoms with E-state index in [-0.39, 0.29) is 34.0 Å². The molecule has 0 aromatic heterocycles. The Hall–Kier alpha value is -1.92. The summed E-state index contributed by atoms with van der Waals surface area (Å²) < 4.78 is 52.9. The van der Waals surface area contributed by atoms with E-state index in [2.05, 4.69) is 6.58 Å². The van der Waals surface area contributed by atoms with Gasteiger partial charge in [-0.05, 0) is 61.8 Å². The molecule has 0 bridgehead atoms. The van der Waals surface area contributed by atoms with Gasteiger partial charge < -0.3 is 0 Å². The van der Waals surface area contributed by atoms with Crippen LogP contribution in [0, 0.1) is 11.3 Å². The lowest BCUT2D eigenvalue weighted by atomic mass is 9.96. The predicted octanol–water partition coefficient (Wildman–Crippen LogP) is 4.01. The molecule has 2 unspecified atom stereocenters. The molecule has 0 aliphatic heterocycles. The van der Waals surface area contributed by atoms with E-state index >= 15 is 0 Å². The lowest BCUT2D eigenvalue weighted by molar-refractivity contribution is 0.500. The number of benzene rings is 2. The zero-order valence-electron chi connectivity index (χ0n) is 15.1. The first-order valence-corrected chi connectivity index (χ1v) is 11.9. The second-order valence-electron chi connectivity index (χ2n) is 7.76. The first-order valence-electron chi connectivity index (χ1n) is 8.93. The van der Waals surface area contributed by atoms with Gasteiger partial charge in [0.2, 0.25) is 0 Å². The molecule has 4 rings (SSSR count). The minimum atomic E-state index is -4.11. The van der Waals surface area contributed by atoms with Gasteiger partial charge >= 0.3 is 0 Å². The molecule has 6 heteroatoms. The maximum atomic E-state index is 13.7. The van der Waals surface area contributed by atoms with Crippen LogP contribution < -0.4 is 0 Å². The van der Waals surface area contributed by atoms with E-state index in [0.29, 0.717) is 0 Å². The Balaban J connectivity index is 1.95. The Labute approximate surface area is 160 Å². The maximum absolute atomic E-state index is 13.7. The van der Waals surface area contributed by atoms with Crippen LogP contribution in [-0.2, 0) is 19.7 Å². The van der Waals surface area contributed by atoms with E-state index in [0.717, 1.165) is 12.0 Å². The highest BCUT2D eigenvalue weighted by atomic mass is 32.3. The maximum Gasteiger partial charge on any atom is 0.198 e. The molecule has 27 heavy (non-hydrogen) atoms. The van der Waals surface area contributed by atoms with Crippen molar-refractivity contribution in [1.29, 1.82) is 0 Å². The van der Waals surface area contributed by atoms with Crippen molar-refractivity contribution in [2.75, 3.05) is 0 Å². The number of allylic oxidation sites excluding steroid dienone is 1. The fourth-order valence-corrected chi connectivity index (χ4v) is 10.0. The monoisotopic (exact) mass is 402 g/mol. The van der Waals surface area contributed by atoms with E-state index in [1.54, 1.807) is 36.4 Å². The third-order valence-corrected chi connectivity index (χ3v) is 12.0. The van der Waals surface area contributed by atoms with Crippen molar-refractivity contribution in [2.24, 2.45) is 11.3 Å². The minimum absolute atomic E-state index is 0.0481. The molecule has 0 spiro atoms. The van der Waals surface area contributed by atoms with Crippen molar-refractivity contribution in [2.45, 2.75) is 40.1 Å². The van der Waals surface area contributed by atoms with Gasteiger partial charge in [0.1, 0.15) is 0 Å². The summed E-state index contributed by atoms with van der Waals surface area (Å²) in [6.45, 7) is 5.91. The molecule has 4 nitrogen and oxygen atoms in total. The Bertz CT molecular complexity index is 1030. The summed E-state index contributed by atoms with van der Waals surface area (Å²) >= 11 is 0. The average Bonchev–Trinajstić information content (AvgIpc) is 3.25. The number of rotatable bonds is 5. The molecule has 2 aromatic carbocycles. The third-order valence-electron chi connectivity index (χ3n) is 6.31. The molecule has 2 aromatic rings. The van der Waals surface area contributed by atoms with Crippen LogP contribution in [0.4, 0.5) is 0 Å². The normalized spacial score (nSPS) is 26.3. The van der Waals surface area contributed by atoms with E-state index in [1.165, 1.54) is 24.3 Å². The molecular formula is C21H22O4S2. The summed E-state index contributed by atoms with van der Waals surface area (Å²) in [5, 5.41) is 0. The van der Waals surface area contributed by atoms with Gasteiger partial charge in [-0.25, -0.2) is 16.8 Å². The summed E-state index contributed by atoms with van der Waals surface area (Å²) in [5.74, 6) is 0.0481. The van der Waals surface area contributed by atoms with E-state index < -0.39 is 23.8 Å². The molecule has 2 aliphatic rings. The third kappa shape index (κ3) is 2.39. The molecule has 0 radical (unpaired) electrons. The van der Waals surface area contributed by atoms with Crippen molar-refractivity contribution in [3.63, 3.8) is 0 Å². The summed E-state index contributed by atoms with van der Waals surface area (Å²) in [4.78, 5) is 0.116. The van der Waals surface area contributed by atoms with Gasteiger partial charge in [0.05, 0.1) is 9.79 Å². The molecule has 2 fully saturated rings. The Morgan fingerprint density at radius 3 is 1.67 bits per heavy atom. The number of fused-ring (bicyclic) bond motifs is 1. The quantitative estimate of drug-likeness (QED) is 0.709. The van der Waals surface area contributed by atoms with Crippen LogP contribution in [0.15, 0.2) is 82.6 Å². The smallest absolute Gasteiger partial charge is 0.198 e. The van der Waals surface area contributed by atoms with Crippen molar-refractivity contribution in [3.05, 3.63) is 72.8 Å². The molecule has 0 saturated heterocycles. The molecule has 0 N–H and O–H groups in total. The molecule has 2 aliphatic carbocycles. The zero-order valence-corrected chi connectivity index (χ0v) is 16.8. The fraction of sp³-hybridized carbons (Fsp3) is 0.333. The second-order valence-corrected chi connectivity index (χ2v) is 12.5. The summed E-state index contributed by atoms with van der Waals surface area (Å²) in [6, 6.07) is 15.9. The predicted molar refractivity (Wildman–Crippen MR) is 105 cm³/mol. The topological polar surface area (TPSA) is 68.3 Å². The van der Waals surface area contributed by atoms with Crippen molar-refractivity contribution >= 4 is 19.7 Å². The molecule has 2 atom stereocenters. The Kier molecular flexibility index (Phi) is 3.95. The molecule has 0 amide bonds. The summed E-state index contributed by atoms with van der Waals surface area (Å²) in [6.07, 6.45) is 1.02. The minimum Gasteiger partial charge on any atom is -0.222 e. The molecule has 0 heterocycles. The largest absolute Gasteiger partial charge is 0.222 e. The molecule has 2 saturated carbocycles. The van der Waals surface area contributed by atoms with Crippen LogP contribution in [0.1, 0.15) is 26.2 Å².